The minimum Gasteiger partial charge on any atom is -0.455 e. The molecule has 6 heteroatoms. The third-order valence-corrected chi connectivity index (χ3v) is 5.01. The molecule has 0 fully saturated rings. The Kier molecular flexibility index (Phi) is 5.86. The van der Waals surface area contributed by atoms with E-state index in [9.17, 15) is 9.59 Å². The van der Waals surface area contributed by atoms with E-state index in [-0.39, 0.29) is 11.8 Å². The summed E-state index contributed by atoms with van der Waals surface area (Å²) < 4.78 is 5.45. The lowest BCUT2D eigenvalue weighted by atomic mass is 10.0. The summed E-state index contributed by atoms with van der Waals surface area (Å²) in [7, 11) is 0. The summed E-state index contributed by atoms with van der Waals surface area (Å²) >= 11 is 0. The molecule has 0 aliphatic heterocycles. The number of rotatable bonds is 6. The summed E-state index contributed by atoms with van der Waals surface area (Å²) in [5.41, 5.74) is 4.05. The first-order chi connectivity index (χ1) is 15.3. The minimum absolute atomic E-state index is 0.00130. The highest BCUT2D eigenvalue weighted by Crippen LogP contribution is 2.26. The van der Waals surface area contributed by atoms with Gasteiger partial charge in [0, 0.05) is 35.9 Å². The number of aryl methyl sites for hydroxylation is 1. The molecule has 0 aliphatic rings. The van der Waals surface area contributed by atoms with E-state index in [1.807, 2.05) is 63.2 Å². The first-order valence-corrected chi connectivity index (χ1v) is 10.5. The van der Waals surface area contributed by atoms with E-state index in [4.69, 9.17) is 4.74 Å². The highest BCUT2D eigenvalue weighted by Gasteiger charge is 2.19. The summed E-state index contributed by atoms with van der Waals surface area (Å²) in [6, 6.07) is 15.2. The summed E-state index contributed by atoms with van der Waals surface area (Å²) in [4.78, 5) is 36.4. The predicted octanol–water partition coefficient (Wildman–Crippen LogP) is 5.40. The van der Waals surface area contributed by atoms with Gasteiger partial charge in [-0.15, -0.1) is 0 Å². The number of ketones is 1. The van der Waals surface area contributed by atoms with Crippen molar-refractivity contribution >= 4 is 22.7 Å². The Bertz CT molecular complexity index is 1270. The van der Waals surface area contributed by atoms with Crippen LogP contribution >= 0.6 is 0 Å². The lowest BCUT2D eigenvalue weighted by molar-refractivity contribution is 0.00638. The quantitative estimate of drug-likeness (QED) is 0.329. The lowest BCUT2D eigenvalue weighted by Gasteiger charge is -2.18. The van der Waals surface area contributed by atoms with Gasteiger partial charge in [0.05, 0.1) is 0 Å². The molecule has 1 N–H and O–H groups in total. The third kappa shape index (κ3) is 5.09. The molecular weight excluding hydrogens is 402 g/mol. The van der Waals surface area contributed by atoms with E-state index >= 15 is 0 Å². The molecule has 3 aromatic heterocycles. The van der Waals surface area contributed by atoms with Gasteiger partial charge in [0.15, 0.2) is 5.78 Å². The fourth-order valence-corrected chi connectivity index (χ4v) is 3.45. The first kappa shape index (κ1) is 21.4. The standard InChI is InChI=1S/C26H25N3O3/c1-26(2,3)32-25(31)23-16-20-14-18(5-6-21(20)29-23)19-10-13-28-22(15-19)24(30)7-4-17-8-11-27-12-9-17/h5-6,8-16,29H,4,7H2,1-3H3. The van der Waals surface area contributed by atoms with E-state index in [0.29, 0.717) is 24.2 Å². The van der Waals surface area contributed by atoms with Crippen molar-refractivity contribution in [2.24, 2.45) is 0 Å². The van der Waals surface area contributed by atoms with E-state index < -0.39 is 5.60 Å². The number of fused-ring (bicyclic) bond motifs is 1. The van der Waals surface area contributed by atoms with E-state index in [2.05, 4.69) is 15.0 Å². The number of aromatic nitrogens is 3. The molecule has 4 aromatic rings. The number of nitrogens with zero attached hydrogens (tertiary/aromatic N) is 2. The number of nitrogens with one attached hydrogen (secondary N) is 1. The van der Waals surface area contributed by atoms with Crippen LogP contribution in [0.25, 0.3) is 22.0 Å². The molecule has 0 saturated heterocycles. The maximum Gasteiger partial charge on any atom is 0.355 e. The SMILES string of the molecule is CC(C)(C)OC(=O)c1cc2cc(-c3ccnc(C(=O)CCc4ccncc4)c3)ccc2[nH]1. The van der Waals surface area contributed by atoms with Crippen LogP contribution in [0.4, 0.5) is 0 Å². The van der Waals surface area contributed by atoms with Gasteiger partial charge in [0.2, 0.25) is 0 Å². The molecule has 162 valence electrons. The summed E-state index contributed by atoms with van der Waals surface area (Å²) in [6.45, 7) is 5.51. The van der Waals surface area contributed by atoms with Crippen LogP contribution in [0.5, 0.6) is 0 Å². The van der Waals surface area contributed by atoms with Crippen molar-refractivity contribution in [3.8, 4) is 11.1 Å². The Morgan fingerprint density at radius 2 is 1.69 bits per heavy atom. The van der Waals surface area contributed by atoms with Crippen molar-refractivity contribution in [2.75, 3.05) is 0 Å². The Morgan fingerprint density at radius 1 is 0.938 bits per heavy atom. The van der Waals surface area contributed by atoms with Gasteiger partial charge in [0.25, 0.3) is 0 Å². The number of carbonyl (C=O) groups is 2. The minimum atomic E-state index is -0.559. The van der Waals surface area contributed by atoms with Gasteiger partial charge in [-0.2, -0.15) is 0 Å². The Morgan fingerprint density at radius 3 is 2.44 bits per heavy atom. The van der Waals surface area contributed by atoms with E-state index in [1.165, 1.54) is 0 Å². The van der Waals surface area contributed by atoms with Crippen molar-refractivity contribution in [3.05, 3.63) is 84.1 Å². The number of hydrogen-bond acceptors (Lipinski definition) is 5. The Labute approximate surface area is 186 Å². The number of pyridine rings is 2. The molecule has 0 saturated carbocycles. The monoisotopic (exact) mass is 427 g/mol. The molecule has 0 radical (unpaired) electrons. The molecular formula is C26H25N3O3. The lowest BCUT2D eigenvalue weighted by Crippen LogP contribution is -2.24. The molecule has 6 nitrogen and oxygen atoms in total. The van der Waals surface area contributed by atoms with Crippen molar-refractivity contribution in [3.63, 3.8) is 0 Å². The van der Waals surface area contributed by atoms with Crippen molar-refractivity contribution in [1.82, 2.24) is 15.0 Å². The number of aromatic amines is 1. The fraction of sp³-hybridized carbons (Fsp3) is 0.231. The van der Waals surface area contributed by atoms with Crippen LogP contribution in [0.1, 0.15) is 53.7 Å². The Hall–Kier alpha value is -3.80. The number of ether oxygens (including phenoxy) is 1. The van der Waals surface area contributed by atoms with Crippen LogP contribution in [-0.4, -0.2) is 32.3 Å². The number of benzene rings is 1. The maximum atomic E-state index is 12.7. The molecule has 0 bridgehead atoms. The van der Waals surface area contributed by atoms with Crippen LogP contribution < -0.4 is 0 Å². The number of carbonyl (C=O) groups excluding carboxylic acids is 2. The van der Waals surface area contributed by atoms with Crippen LogP contribution in [0.15, 0.2) is 67.1 Å². The predicted molar refractivity (Wildman–Crippen MR) is 124 cm³/mol. The normalized spacial score (nSPS) is 11.5. The average Bonchev–Trinajstić information content (AvgIpc) is 3.21. The molecule has 1 aromatic carbocycles. The fourth-order valence-electron chi connectivity index (χ4n) is 3.45. The molecule has 3 heterocycles. The summed E-state index contributed by atoms with van der Waals surface area (Å²) in [5.74, 6) is -0.389. The maximum absolute atomic E-state index is 12.7. The van der Waals surface area contributed by atoms with Crippen molar-refractivity contribution < 1.29 is 14.3 Å². The number of hydrogen-bond donors (Lipinski definition) is 1. The number of esters is 1. The Balaban J connectivity index is 1.53. The molecule has 32 heavy (non-hydrogen) atoms. The second-order valence-electron chi connectivity index (χ2n) is 8.70. The smallest absolute Gasteiger partial charge is 0.355 e. The topological polar surface area (TPSA) is 84.9 Å². The van der Waals surface area contributed by atoms with Crippen LogP contribution in [0.3, 0.4) is 0 Å². The van der Waals surface area contributed by atoms with Gasteiger partial charge >= 0.3 is 5.97 Å². The molecule has 0 atom stereocenters. The largest absolute Gasteiger partial charge is 0.455 e. The van der Waals surface area contributed by atoms with Gasteiger partial charge < -0.3 is 9.72 Å². The van der Waals surface area contributed by atoms with Crippen molar-refractivity contribution in [2.45, 2.75) is 39.2 Å². The van der Waals surface area contributed by atoms with Gasteiger partial charge in [-0.05, 0) is 86.3 Å². The van der Waals surface area contributed by atoms with Gasteiger partial charge in [-0.25, -0.2) is 4.79 Å². The summed E-state index contributed by atoms with van der Waals surface area (Å²) in [5, 5.41) is 0.894. The second-order valence-corrected chi connectivity index (χ2v) is 8.70. The third-order valence-electron chi connectivity index (χ3n) is 5.01. The van der Waals surface area contributed by atoms with E-state index in [0.717, 1.165) is 27.6 Å². The molecule has 0 unspecified atom stereocenters. The highest BCUT2D eigenvalue weighted by molar-refractivity contribution is 5.97. The zero-order valence-electron chi connectivity index (χ0n) is 18.4. The number of H-pyrrole nitrogens is 1. The molecule has 0 aliphatic carbocycles. The van der Waals surface area contributed by atoms with Crippen LogP contribution in [0, 0.1) is 0 Å². The first-order valence-electron chi connectivity index (χ1n) is 10.5. The zero-order valence-corrected chi connectivity index (χ0v) is 18.4. The van der Waals surface area contributed by atoms with Crippen LogP contribution in [0.2, 0.25) is 0 Å². The second kappa shape index (κ2) is 8.75. The average molecular weight is 428 g/mol. The zero-order chi connectivity index (χ0) is 22.7. The van der Waals surface area contributed by atoms with Crippen molar-refractivity contribution in [1.29, 1.82) is 0 Å². The van der Waals surface area contributed by atoms with Gasteiger partial charge in [0.1, 0.15) is 17.0 Å². The highest BCUT2D eigenvalue weighted by atomic mass is 16.6. The molecule has 0 spiro atoms. The molecule has 0 amide bonds. The van der Waals surface area contributed by atoms with Crippen LogP contribution in [-0.2, 0) is 11.2 Å². The van der Waals surface area contributed by atoms with Gasteiger partial charge in [-0.1, -0.05) is 6.07 Å². The number of Topliss-reactive ketones (excluding diaryl/α,β-unsaturated/α-hetero) is 1. The summed E-state index contributed by atoms with van der Waals surface area (Å²) in [6.07, 6.45) is 6.14. The molecule has 4 rings (SSSR count). The van der Waals surface area contributed by atoms with E-state index in [1.54, 1.807) is 24.7 Å². The van der Waals surface area contributed by atoms with Gasteiger partial charge in [-0.3, -0.25) is 14.8 Å².